The van der Waals surface area contributed by atoms with E-state index in [2.05, 4.69) is 21.1 Å². The van der Waals surface area contributed by atoms with Gasteiger partial charge in [0.1, 0.15) is 23.7 Å². The predicted molar refractivity (Wildman–Crippen MR) is 102 cm³/mol. The first-order chi connectivity index (χ1) is 13.5. The van der Waals surface area contributed by atoms with E-state index in [9.17, 15) is 9.65 Å². The number of allylic oxidation sites excluding steroid dienone is 1. The van der Waals surface area contributed by atoms with Gasteiger partial charge in [-0.05, 0) is 42.7 Å². The third kappa shape index (κ3) is 2.97. The van der Waals surface area contributed by atoms with Crippen molar-refractivity contribution >= 4 is 11.9 Å². The maximum atomic E-state index is 13.8. The second-order valence-corrected chi connectivity index (χ2v) is 6.50. The average molecular weight is 376 g/mol. The predicted octanol–water partition coefficient (Wildman–Crippen LogP) is 3.18. The number of nitrogens with two attached hydrogens (primary N) is 1. The largest absolute Gasteiger partial charge is 0.467 e. The zero-order valence-electron chi connectivity index (χ0n) is 15.3. The summed E-state index contributed by atoms with van der Waals surface area (Å²) in [5.41, 5.74) is 9.50. The summed E-state index contributed by atoms with van der Waals surface area (Å²) in [4.78, 5) is 8.64. The molecule has 28 heavy (non-hydrogen) atoms. The van der Waals surface area contributed by atoms with Crippen molar-refractivity contribution in [2.24, 2.45) is 7.05 Å². The minimum atomic E-state index is -0.491. The molecule has 0 saturated carbocycles. The van der Waals surface area contributed by atoms with Gasteiger partial charge < -0.3 is 10.5 Å². The monoisotopic (exact) mass is 376 g/mol. The van der Waals surface area contributed by atoms with Gasteiger partial charge in [0, 0.05) is 7.05 Å². The van der Waals surface area contributed by atoms with Gasteiger partial charge in [-0.25, -0.2) is 14.4 Å². The lowest BCUT2D eigenvalue weighted by atomic mass is 9.99. The third-order valence-electron chi connectivity index (χ3n) is 4.65. The summed E-state index contributed by atoms with van der Waals surface area (Å²) < 4.78 is 21.3. The van der Waals surface area contributed by atoms with Crippen LogP contribution in [0.25, 0.3) is 17.3 Å². The average Bonchev–Trinajstić information content (AvgIpc) is 2.99. The normalized spacial score (nSPS) is 16.6. The summed E-state index contributed by atoms with van der Waals surface area (Å²) in [6.45, 7) is 1.80. The molecule has 3 heterocycles. The number of aromatic nitrogens is 4. The lowest BCUT2D eigenvalue weighted by Crippen LogP contribution is -2.11. The zero-order valence-corrected chi connectivity index (χ0v) is 15.3. The number of ether oxygens (including phenoxy) is 1. The highest BCUT2D eigenvalue weighted by atomic mass is 19.1. The molecule has 140 valence electrons. The molecule has 0 amide bonds. The van der Waals surface area contributed by atoms with E-state index in [-0.39, 0.29) is 17.5 Å². The Bertz CT molecular complexity index is 1140. The first-order valence-electron chi connectivity index (χ1n) is 8.69. The van der Waals surface area contributed by atoms with E-state index in [4.69, 9.17) is 10.5 Å². The van der Waals surface area contributed by atoms with Crippen LogP contribution in [0.5, 0.6) is 5.88 Å². The Labute approximate surface area is 160 Å². The van der Waals surface area contributed by atoms with E-state index in [1.54, 1.807) is 20.0 Å². The standard InChI is InChI=1S/C20H17FN6O/c1-11-14-8-13(21)7-6-12(14)4-3-5-15-18(17(9-22)27(2)26-15)16-10-24-19(23)20(25-16)28-11/h3,5-8,10-11H,4H2,1-2H3,(H2,23,24)/b5-3+/t11-/m1/s1. The van der Waals surface area contributed by atoms with Crippen molar-refractivity contribution in [3.05, 3.63) is 58.8 Å². The summed E-state index contributed by atoms with van der Waals surface area (Å²) in [6, 6.07) is 6.75. The lowest BCUT2D eigenvalue weighted by molar-refractivity contribution is 0.217. The second-order valence-electron chi connectivity index (χ2n) is 6.50. The van der Waals surface area contributed by atoms with Crippen molar-refractivity contribution in [2.75, 3.05) is 5.73 Å². The number of hydrogen-bond donors (Lipinski definition) is 1. The van der Waals surface area contributed by atoms with Crippen molar-refractivity contribution in [1.29, 1.82) is 5.26 Å². The Hall–Kier alpha value is -3.73. The molecule has 0 spiro atoms. The highest BCUT2D eigenvalue weighted by molar-refractivity contribution is 5.76. The summed E-state index contributed by atoms with van der Waals surface area (Å²) in [5.74, 6) is -0.0997. The number of nitrogen functional groups attached to an aromatic ring is 1. The van der Waals surface area contributed by atoms with E-state index in [1.807, 2.05) is 12.2 Å². The van der Waals surface area contributed by atoms with Crippen molar-refractivity contribution in [3.8, 4) is 23.2 Å². The van der Waals surface area contributed by atoms with Gasteiger partial charge in [0.2, 0.25) is 0 Å². The van der Waals surface area contributed by atoms with Crippen LogP contribution in [0.4, 0.5) is 10.2 Å². The van der Waals surface area contributed by atoms with Crippen molar-refractivity contribution in [3.63, 3.8) is 0 Å². The van der Waals surface area contributed by atoms with Crippen LogP contribution in [0, 0.1) is 17.1 Å². The first kappa shape index (κ1) is 17.7. The quantitative estimate of drug-likeness (QED) is 0.646. The smallest absolute Gasteiger partial charge is 0.258 e. The number of nitriles is 1. The van der Waals surface area contributed by atoms with Gasteiger partial charge >= 0.3 is 0 Å². The van der Waals surface area contributed by atoms with Crippen LogP contribution in [-0.4, -0.2) is 19.7 Å². The number of nitrogens with zero attached hydrogens (tertiary/aromatic N) is 5. The Morgan fingerprint density at radius 1 is 1.39 bits per heavy atom. The summed E-state index contributed by atoms with van der Waals surface area (Å²) in [6.07, 6.45) is 5.30. The molecule has 4 rings (SSSR count). The molecule has 0 aliphatic carbocycles. The second kappa shape index (κ2) is 6.78. The molecule has 1 aromatic carbocycles. The molecule has 2 N–H and O–H groups in total. The van der Waals surface area contributed by atoms with Crippen LogP contribution in [0.1, 0.15) is 35.5 Å². The van der Waals surface area contributed by atoms with E-state index in [0.717, 1.165) is 5.56 Å². The fourth-order valence-electron chi connectivity index (χ4n) is 3.29. The Kier molecular flexibility index (Phi) is 4.28. The summed E-state index contributed by atoms with van der Waals surface area (Å²) >= 11 is 0. The maximum Gasteiger partial charge on any atom is 0.258 e. The molecule has 2 bridgehead atoms. The number of hydrogen-bond acceptors (Lipinski definition) is 6. The number of rotatable bonds is 0. The lowest BCUT2D eigenvalue weighted by Gasteiger charge is -2.19. The van der Waals surface area contributed by atoms with E-state index in [1.165, 1.54) is 23.0 Å². The fraction of sp³-hybridized carbons (Fsp3) is 0.200. The Morgan fingerprint density at radius 3 is 3.00 bits per heavy atom. The molecule has 2 aromatic heterocycles. The number of anilines is 1. The summed E-state index contributed by atoms with van der Waals surface area (Å²) in [5, 5.41) is 14.0. The van der Waals surface area contributed by atoms with E-state index >= 15 is 0 Å². The topological polar surface area (TPSA) is 103 Å². The Morgan fingerprint density at radius 2 is 2.21 bits per heavy atom. The van der Waals surface area contributed by atoms with Gasteiger partial charge in [-0.1, -0.05) is 12.1 Å². The minimum Gasteiger partial charge on any atom is -0.467 e. The Balaban J connectivity index is 1.96. The molecule has 0 radical (unpaired) electrons. The van der Waals surface area contributed by atoms with Crippen LogP contribution >= 0.6 is 0 Å². The van der Waals surface area contributed by atoms with Crippen LogP contribution in [0.2, 0.25) is 0 Å². The number of fused-ring (bicyclic) bond motifs is 5. The minimum absolute atomic E-state index is 0.116. The molecular formula is C20H17FN6O. The molecule has 3 aromatic rings. The van der Waals surface area contributed by atoms with Gasteiger partial charge in [0.15, 0.2) is 5.82 Å². The van der Waals surface area contributed by atoms with Crippen molar-refractivity contribution < 1.29 is 9.13 Å². The molecule has 1 aliphatic heterocycles. The third-order valence-corrected chi connectivity index (χ3v) is 4.65. The van der Waals surface area contributed by atoms with Crippen molar-refractivity contribution in [1.82, 2.24) is 19.7 Å². The van der Waals surface area contributed by atoms with Crippen molar-refractivity contribution in [2.45, 2.75) is 19.4 Å². The van der Waals surface area contributed by atoms with Crippen LogP contribution in [0.3, 0.4) is 0 Å². The van der Waals surface area contributed by atoms with Gasteiger partial charge in [-0.3, -0.25) is 4.68 Å². The molecular weight excluding hydrogens is 359 g/mol. The number of benzene rings is 1. The summed E-state index contributed by atoms with van der Waals surface area (Å²) in [7, 11) is 1.69. The molecule has 7 nitrogen and oxygen atoms in total. The number of aryl methyl sites for hydroxylation is 1. The van der Waals surface area contributed by atoms with Gasteiger partial charge in [0.25, 0.3) is 5.88 Å². The molecule has 0 fully saturated rings. The molecule has 8 heteroatoms. The van der Waals surface area contributed by atoms with Gasteiger partial charge in [-0.15, -0.1) is 0 Å². The highest BCUT2D eigenvalue weighted by Crippen LogP contribution is 2.32. The maximum absolute atomic E-state index is 13.8. The SMILES string of the molecule is C[C@H]1Oc2nc(cnc2N)-c2c(nn(C)c2C#N)/C=C/Cc2ccc(F)cc21. The molecule has 1 aliphatic rings. The van der Waals surface area contributed by atoms with E-state index in [0.29, 0.717) is 34.6 Å². The molecule has 0 unspecified atom stereocenters. The fourth-order valence-corrected chi connectivity index (χ4v) is 3.29. The molecule has 1 atom stereocenters. The van der Waals surface area contributed by atoms with Gasteiger partial charge in [0.05, 0.1) is 23.1 Å². The highest BCUT2D eigenvalue weighted by Gasteiger charge is 2.22. The van der Waals surface area contributed by atoms with Gasteiger partial charge in [-0.2, -0.15) is 10.4 Å². The van der Waals surface area contributed by atoms with Crippen LogP contribution < -0.4 is 10.5 Å². The zero-order chi connectivity index (χ0) is 19.8. The van der Waals surface area contributed by atoms with Crippen LogP contribution in [-0.2, 0) is 13.5 Å². The van der Waals surface area contributed by atoms with Crippen LogP contribution in [0.15, 0.2) is 30.5 Å². The number of halogens is 1. The first-order valence-corrected chi connectivity index (χ1v) is 8.69. The molecule has 0 saturated heterocycles. The van der Waals surface area contributed by atoms with E-state index < -0.39 is 6.10 Å².